The number of carbonyl (C=O) groups excluding carboxylic acids is 1. The second-order valence-electron chi connectivity index (χ2n) is 8.87. The first-order valence-corrected chi connectivity index (χ1v) is 13.9. The first kappa shape index (κ1) is 24.3. The van der Waals surface area contributed by atoms with E-state index in [-0.39, 0.29) is 23.8 Å². The van der Waals surface area contributed by atoms with Gasteiger partial charge in [0.2, 0.25) is 0 Å². The van der Waals surface area contributed by atoms with Gasteiger partial charge in [0.15, 0.2) is 14.8 Å². The standard InChI is InChI=1S/C23H32N4O4S2/c1-4-33(29,30)18-7-5-16(6-8-18)11-25-22(28)23-26-20-19(32-23)14-27(21(20)15(2)3)13-17-12-24-9-10-31-17/h5-8,15,17,21,24H,4,9-14H2,1-3H3,(H,25,28). The molecule has 0 radical (unpaired) electrons. The Morgan fingerprint density at radius 3 is 2.73 bits per heavy atom. The van der Waals surface area contributed by atoms with Crippen molar-refractivity contribution in [2.24, 2.45) is 5.92 Å². The molecule has 0 bridgehead atoms. The van der Waals surface area contributed by atoms with Crippen LogP contribution in [0.2, 0.25) is 0 Å². The molecule has 2 unspecified atom stereocenters. The number of aromatic nitrogens is 1. The van der Waals surface area contributed by atoms with Crippen LogP contribution in [0.3, 0.4) is 0 Å². The van der Waals surface area contributed by atoms with Gasteiger partial charge in [-0.3, -0.25) is 9.69 Å². The Balaban J connectivity index is 1.39. The number of rotatable bonds is 8. The number of thiazole rings is 1. The molecular weight excluding hydrogens is 460 g/mol. The first-order valence-electron chi connectivity index (χ1n) is 11.4. The van der Waals surface area contributed by atoms with Crippen LogP contribution in [-0.4, -0.2) is 62.3 Å². The zero-order chi connectivity index (χ0) is 23.6. The number of hydrogen-bond acceptors (Lipinski definition) is 8. The summed E-state index contributed by atoms with van der Waals surface area (Å²) < 4.78 is 29.8. The molecule has 1 amide bonds. The monoisotopic (exact) mass is 492 g/mol. The van der Waals surface area contributed by atoms with Gasteiger partial charge in [-0.15, -0.1) is 11.3 Å². The number of morpholine rings is 1. The van der Waals surface area contributed by atoms with Crippen molar-refractivity contribution in [2.45, 2.75) is 50.9 Å². The average molecular weight is 493 g/mol. The van der Waals surface area contributed by atoms with E-state index >= 15 is 0 Å². The van der Waals surface area contributed by atoms with E-state index in [4.69, 9.17) is 9.72 Å². The molecule has 0 aliphatic carbocycles. The number of hydrogen-bond donors (Lipinski definition) is 2. The van der Waals surface area contributed by atoms with Gasteiger partial charge in [0.05, 0.1) is 35.1 Å². The summed E-state index contributed by atoms with van der Waals surface area (Å²) in [6.07, 6.45) is 0.176. The number of sulfone groups is 1. The second-order valence-corrected chi connectivity index (χ2v) is 12.2. The van der Waals surface area contributed by atoms with Gasteiger partial charge in [-0.1, -0.05) is 32.9 Å². The Labute approximate surface area is 199 Å². The lowest BCUT2D eigenvalue weighted by Gasteiger charge is -2.32. The zero-order valence-corrected chi connectivity index (χ0v) is 21.0. The molecule has 1 aromatic carbocycles. The van der Waals surface area contributed by atoms with Crippen molar-refractivity contribution in [1.82, 2.24) is 20.5 Å². The number of carbonyl (C=O) groups is 1. The fourth-order valence-electron chi connectivity index (χ4n) is 4.41. The summed E-state index contributed by atoms with van der Waals surface area (Å²) in [6.45, 7) is 10.5. The zero-order valence-electron chi connectivity index (χ0n) is 19.3. The molecule has 1 fully saturated rings. The van der Waals surface area contributed by atoms with Crippen molar-refractivity contribution in [3.8, 4) is 0 Å². The van der Waals surface area contributed by atoms with Gasteiger partial charge in [-0.25, -0.2) is 13.4 Å². The van der Waals surface area contributed by atoms with Crippen molar-refractivity contribution >= 4 is 27.1 Å². The minimum absolute atomic E-state index is 0.0666. The average Bonchev–Trinajstić information content (AvgIpc) is 3.36. The fraction of sp³-hybridized carbons (Fsp3) is 0.565. The highest BCUT2D eigenvalue weighted by Gasteiger charge is 2.38. The van der Waals surface area contributed by atoms with Gasteiger partial charge < -0.3 is 15.4 Å². The van der Waals surface area contributed by atoms with Gasteiger partial charge in [-0.05, 0) is 23.6 Å². The smallest absolute Gasteiger partial charge is 0.280 e. The van der Waals surface area contributed by atoms with Gasteiger partial charge in [0, 0.05) is 37.6 Å². The van der Waals surface area contributed by atoms with Crippen molar-refractivity contribution in [3.63, 3.8) is 0 Å². The summed E-state index contributed by atoms with van der Waals surface area (Å²) in [6, 6.07) is 6.83. The van der Waals surface area contributed by atoms with Crippen molar-refractivity contribution in [2.75, 3.05) is 32.0 Å². The summed E-state index contributed by atoms with van der Waals surface area (Å²) in [5.74, 6) is 0.240. The SMILES string of the molecule is CCS(=O)(=O)c1ccc(CNC(=O)c2nc3c(s2)CN(CC2CNCCO2)C3C(C)C)cc1. The highest BCUT2D eigenvalue weighted by molar-refractivity contribution is 7.91. The Bertz CT molecular complexity index is 1080. The number of nitrogens with zero attached hydrogens (tertiary/aromatic N) is 2. The topological polar surface area (TPSA) is 101 Å². The molecule has 2 aromatic rings. The maximum atomic E-state index is 12.8. The molecule has 1 saturated heterocycles. The van der Waals surface area contributed by atoms with Crippen molar-refractivity contribution < 1.29 is 17.9 Å². The van der Waals surface area contributed by atoms with Crippen LogP contribution >= 0.6 is 11.3 Å². The van der Waals surface area contributed by atoms with E-state index in [2.05, 4.69) is 29.4 Å². The summed E-state index contributed by atoms with van der Waals surface area (Å²) in [7, 11) is -3.23. The Kier molecular flexibility index (Phi) is 7.49. The highest BCUT2D eigenvalue weighted by atomic mass is 32.2. The third-order valence-electron chi connectivity index (χ3n) is 6.13. The van der Waals surface area contributed by atoms with Crippen LogP contribution in [0.4, 0.5) is 0 Å². The third-order valence-corrected chi connectivity index (χ3v) is 8.94. The number of fused-ring (bicyclic) bond motifs is 1. The summed E-state index contributed by atoms with van der Waals surface area (Å²) >= 11 is 1.46. The van der Waals surface area contributed by atoms with E-state index < -0.39 is 9.84 Å². The molecule has 0 saturated carbocycles. The lowest BCUT2D eigenvalue weighted by atomic mass is 10.0. The predicted octanol–water partition coefficient (Wildman–Crippen LogP) is 2.37. The Hall–Kier alpha value is -1.85. The molecular formula is C23H32N4O4S2. The molecule has 10 heteroatoms. The number of amides is 1. The van der Waals surface area contributed by atoms with Crippen LogP contribution in [0.15, 0.2) is 29.2 Å². The largest absolute Gasteiger partial charge is 0.374 e. The molecule has 4 rings (SSSR count). The van der Waals surface area contributed by atoms with Crippen LogP contribution in [0.25, 0.3) is 0 Å². The molecule has 33 heavy (non-hydrogen) atoms. The fourth-order valence-corrected chi connectivity index (χ4v) is 6.34. The van der Waals surface area contributed by atoms with E-state index in [1.807, 2.05) is 0 Å². The van der Waals surface area contributed by atoms with Crippen LogP contribution in [0.5, 0.6) is 0 Å². The summed E-state index contributed by atoms with van der Waals surface area (Å²) in [5, 5.41) is 6.78. The molecule has 2 aliphatic rings. The second kappa shape index (κ2) is 10.2. The molecule has 2 atom stereocenters. The molecule has 3 heterocycles. The first-order chi connectivity index (χ1) is 15.8. The van der Waals surface area contributed by atoms with Crippen molar-refractivity contribution in [3.05, 3.63) is 45.4 Å². The van der Waals surface area contributed by atoms with E-state index in [1.54, 1.807) is 31.2 Å². The van der Waals surface area contributed by atoms with Crippen LogP contribution < -0.4 is 10.6 Å². The summed E-state index contributed by atoms with van der Waals surface area (Å²) in [4.78, 5) is 21.4. The Morgan fingerprint density at radius 2 is 2.09 bits per heavy atom. The van der Waals surface area contributed by atoms with E-state index in [1.165, 1.54) is 11.3 Å². The third kappa shape index (κ3) is 5.46. The van der Waals surface area contributed by atoms with Crippen LogP contribution in [0, 0.1) is 5.92 Å². The maximum absolute atomic E-state index is 12.8. The molecule has 2 N–H and O–H groups in total. The lowest BCUT2D eigenvalue weighted by molar-refractivity contribution is -0.00674. The molecule has 2 aliphatic heterocycles. The van der Waals surface area contributed by atoms with Gasteiger partial charge in [-0.2, -0.15) is 0 Å². The molecule has 1 aromatic heterocycles. The highest BCUT2D eigenvalue weighted by Crippen LogP contribution is 2.41. The maximum Gasteiger partial charge on any atom is 0.280 e. The normalized spacial score (nSPS) is 21.3. The lowest BCUT2D eigenvalue weighted by Crippen LogP contribution is -2.45. The summed E-state index contributed by atoms with van der Waals surface area (Å²) in [5.41, 5.74) is 1.85. The van der Waals surface area contributed by atoms with Gasteiger partial charge >= 0.3 is 0 Å². The number of nitrogens with one attached hydrogen (secondary N) is 2. The molecule has 0 spiro atoms. The predicted molar refractivity (Wildman–Crippen MR) is 128 cm³/mol. The number of ether oxygens (including phenoxy) is 1. The van der Waals surface area contributed by atoms with Crippen molar-refractivity contribution in [1.29, 1.82) is 0 Å². The Morgan fingerprint density at radius 1 is 1.33 bits per heavy atom. The van der Waals surface area contributed by atoms with E-state index in [0.29, 0.717) is 22.4 Å². The van der Waals surface area contributed by atoms with Gasteiger partial charge in [0.1, 0.15) is 0 Å². The number of benzene rings is 1. The van der Waals surface area contributed by atoms with Crippen LogP contribution in [0.1, 0.15) is 52.7 Å². The van der Waals surface area contributed by atoms with Gasteiger partial charge in [0.25, 0.3) is 5.91 Å². The molecule has 180 valence electrons. The van der Waals surface area contributed by atoms with E-state index in [0.717, 1.165) is 48.9 Å². The minimum atomic E-state index is -3.23. The minimum Gasteiger partial charge on any atom is -0.374 e. The van der Waals surface area contributed by atoms with Crippen LogP contribution in [-0.2, 0) is 27.7 Å². The molecule has 8 nitrogen and oxygen atoms in total. The van der Waals surface area contributed by atoms with E-state index in [9.17, 15) is 13.2 Å². The quantitative estimate of drug-likeness (QED) is 0.583.